The average Bonchev–Trinajstić information content (AvgIpc) is 2.96. The Morgan fingerprint density at radius 2 is 1.35 bits per heavy atom. The van der Waals surface area contributed by atoms with Gasteiger partial charge in [0, 0.05) is 20.0 Å². The highest BCUT2D eigenvalue weighted by Gasteiger charge is 2.23. The number of amides is 2. The molecule has 3 aromatic carbocycles. The van der Waals surface area contributed by atoms with Crippen LogP contribution in [0.3, 0.4) is 0 Å². The van der Waals surface area contributed by atoms with E-state index in [-0.39, 0.29) is 24.2 Å². The molecule has 1 atom stereocenters. The third-order valence-electron chi connectivity index (χ3n) is 6.18. The van der Waals surface area contributed by atoms with E-state index in [1.54, 1.807) is 57.5 Å². The Kier molecular flexibility index (Phi) is 10.8. The summed E-state index contributed by atoms with van der Waals surface area (Å²) < 4.78 is 21.2. The second-order valence-electron chi connectivity index (χ2n) is 9.02. The van der Waals surface area contributed by atoms with Gasteiger partial charge in [0.1, 0.15) is 6.04 Å². The van der Waals surface area contributed by atoms with E-state index in [0.29, 0.717) is 41.5 Å². The van der Waals surface area contributed by atoms with Crippen LogP contribution in [0.5, 0.6) is 23.0 Å². The van der Waals surface area contributed by atoms with Crippen molar-refractivity contribution < 1.29 is 28.5 Å². The van der Waals surface area contributed by atoms with E-state index in [2.05, 4.69) is 10.3 Å². The minimum Gasteiger partial charge on any atom is -0.493 e. The van der Waals surface area contributed by atoms with Crippen molar-refractivity contribution in [2.75, 3.05) is 35.5 Å². The van der Waals surface area contributed by atoms with E-state index in [9.17, 15) is 9.59 Å². The van der Waals surface area contributed by atoms with Crippen molar-refractivity contribution in [3.05, 3.63) is 83.4 Å². The molecule has 0 spiro atoms. The molecule has 2 amide bonds. The van der Waals surface area contributed by atoms with Crippen molar-refractivity contribution in [1.82, 2.24) is 10.2 Å². The Bertz CT molecular complexity index is 1330. The maximum Gasteiger partial charge on any atom is 0.247 e. The maximum absolute atomic E-state index is 13.5. The molecule has 3 rings (SSSR count). The fourth-order valence-electron chi connectivity index (χ4n) is 4.17. The lowest BCUT2D eigenvalue weighted by molar-refractivity contribution is -0.131. The summed E-state index contributed by atoms with van der Waals surface area (Å²) >= 11 is 0. The molecular formula is C30H36N4O6. The number of rotatable bonds is 12. The average molecular weight is 549 g/mol. The van der Waals surface area contributed by atoms with Crippen LogP contribution in [0.2, 0.25) is 0 Å². The zero-order valence-electron chi connectivity index (χ0n) is 23.5. The van der Waals surface area contributed by atoms with Crippen LogP contribution in [0.25, 0.3) is 0 Å². The third-order valence-corrected chi connectivity index (χ3v) is 6.18. The molecule has 40 heavy (non-hydrogen) atoms. The van der Waals surface area contributed by atoms with Crippen LogP contribution in [0.15, 0.2) is 71.7 Å². The number of carbonyl (C=O) groups is 2. The quantitative estimate of drug-likeness (QED) is 0.263. The van der Waals surface area contributed by atoms with Crippen LogP contribution in [-0.4, -0.2) is 64.2 Å². The Morgan fingerprint density at radius 3 is 1.93 bits per heavy atom. The molecule has 0 radical (unpaired) electrons. The van der Waals surface area contributed by atoms with Gasteiger partial charge in [0.25, 0.3) is 0 Å². The Hall–Kier alpha value is -4.73. The lowest BCUT2D eigenvalue weighted by atomic mass is 10.0. The van der Waals surface area contributed by atoms with Crippen molar-refractivity contribution in [3.63, 3.8) is 0 Å². The van der Waals surface area contributed by atoms with Crippen molar-refractivity contribution >= 4 is 17.8 Å². The SMILES string of the molecule is COc1ccc(CC(=O)NC(N)=NC(Cc2ccccc2)C(=O)N(C)Cc2ccc(OC)c(OC)c2)cc1OC. The number of nitrogens with one attached hydrogen (secondary N) is 1. The molecule has 212 valence electrons. The van der Waals surface area contributed by atoms with Crippen molar-refractivity contribution in [1.29, 1.82) is 0 Å². The normalized spacial score (nSPS) is 11.8. The van der Waals surface area contributed by atoms with Crippen LogP contribution < -0.4 is 30.0 Å². The van der Waals surface area contributed by atoms with Crippen molar-refractivity contribution in [3.8, 4) is 23.0 Å². The number of nitrogens with zero attached hydrogens (tertiary/aromatic N) is 2. The van der Waals surface area contributed by atoms with Crippen LogP contribution in [-0.2, 0) is 29.0 Å². The van der Waals surface area contributed by atoms with Gasteiger partial charge in [0.05, 0.1) is 34.9 Å². The first-order valence-electron chi connectivity index (χ1n) is 12.6. The molecule has 0 aromatic heterocycles. The molecule has 3 aromatic rings. The van der Waals surface area contributed by atoms with Crippen molar-refractivity contribution in [2.24, 2.45) is 10.7 Å². The fourth-order valence-corrected chi connectivity index (χ4v) is 4.17. The standard InChI is InChI=1S/C30H36N4O6/c1-34(19-22-12-14-25(38-3)27(17-22)40-5)29(36)23(15-20-9-7-6-8-10-20)32-30(31)33-28(35)18-21-11-13-24(37-2)26(16-21)39-4/h6-14,16-17,23H,15,18-19H2,1-5H3,(H3,31,32,33,35). The molecule has 10 nitrogen and oxygen atoms in total. The summed E-state index contributed by atoms with van der Waals surface area (Å²) in [5.41, 5.74) is 8.58. The van der Waals surface area contributed by atoms with Crippen LogP contribution >= 0.6 is 0 Å². The summed E-state index contributed by atoms with van der Waals surface area (Å²) in [5, 5.41) is 2.60. The highest BCUT2D eigenvalue weighted by Crippen LogP contribution is 2.29. The number of nitrogens with two attached hydrogens (primary N) is 1. The Balaban J connectivity index is 1.75. The summed E-state index contributed by atoms with van der Waals surface area (Å²) in [5.74, 6) is 1.48. The second kappa shape index (κ2) is 14.4. The fraction of sp³-hybridized carbons (Fsp3) is 0.300. The summed E-state index contributed by atoms with van der Waals surface area (Å²) in [6.45, 7) is 0.311. The highest BCUT2D eigenvalue weighted by atomic mass is 16.5. The number of hydrogen-bond donors (Lipinski definition) is 2. The van der Waals surface area contributed by atoms with E-state index in [1.165, 1.54) is 7.11 Å². The molecular weight excluding hydrogens is 512 g/mol. The predicted octanol–water partition coefficient (Wildman–Crippen LogP) is 2.96. The van der Waals surface area contributed by atoms with E-state index < -0.39 is 6.04 Å². The predicted molar refractivity (Wildman–Crippen MR) is 153 cm³/mol. The molecule has 0 aliphatic carbocycles. The second-order valence-corrected chi connectivity index (χ2v) is 9.02. The van der Waals surface area contributed by atoms with Gasteiger partial charge in [-0.25, -0.2) is 4.99 Å². The number of carbonyl (C=O) groups excluding carboxylic acids is 2. The first-order valence-corrected chi connectivity index (χ1v) is 12.6. The van der Waals surface area contributed by atoms with E-state index >= 15 is 0 Å². The molecule has 0 bridgehead atoms. The number of hydrogen-bond acceptors (Lipinski definition) is 7. The van der Waals surface area contributed by atoms with Gasteiger partial charge in [-0.15, -0.1) is 0 Å². The molecule has 0 heterocycles. The summed E-state index contributed by atoms with van der Waals surface area (Å²) in [6, 6.07) is 19.3. The van der Waals surface area contributed by atoms with Gasteiger partial charge in [-0.05, 0) is 41.0 Å². The van der Waals surface area contributed by atoms with Crippen LogP contribution in [0.4, 0.5) is 0 Å². The lowest BCUT2D eigenvalue weighted by Gasteiger charge is -2.23. The number of guanidine groups is 1. The zero-order chi connectivity index (χ0) is 29.1. The van der Waals surface area contributed by atoms with E-state index in [1.807, 2.05) is 42.5 Å². The molecule has 3 N–H and O–H groups in total. The number of methoxy groups -OCH3 is 4. The number of likely N-dealkylation sites (N-methyl/N-ethyl adjacent to an activating group) is 1. The summed E-state index contributed by atoms with van der Waals surface area (Å²) in [6.07, 6.45) is 0.343. The van der Waals surface area contributed by atoms with Crippen LogP contribution in [0.1, 0.15) is 16.7 Å². The summed E-state index contributed by atoms with van der Waals surface area (Å²) in [7, 11) is 7.89. The molecule has 0 saturated heterocycles. The molecule has 0 saturated carbocycles. The number of benzene rings is 3. The van der Waals surface area contributed by atoms with E-state index in [4.69, 9.17) is 24.7 Å². The van der Waals surface area contributed by atoms with E-state index in [0.717, 1.165) is 11.1 Å². The molecule has 1 unspecified atom stereocenters. The maximum atomic E-state index is 13.5. The largest absolute Gasteiger partial charge is 0.493 e. The Morgan fingerprint density at radius 1 is 0.800 bits per heavy atom. The Labute approximate surface area is 234 Å². The highest BCUT2D eigenvalue weighted by molar-refractivity contribution is 5.98. The molecule has 0 aliphatic heterocycles. The zero-order valence-corrected chi connectivity index (χ0v) is 23.5. The third kappa shape index (κ3) is 8.13. The van der Waals surface area contributed by atoms with Crippen LogP contribution in [0, 0.1) is 0 Å². The monoisotopic (exact) mass is 548 g/mol. The van der Waals surface area contributed by atoms with Gasteiger partial charge in [0.15, 0.2) is 29.0 Å². The van der Waals surface area contributed by atoms with Gasteiger partial charge < -0.3 is 29.6 Å². The number of ether oxygens (including phenoxy) is 4. The summed E-state index contributed by atoms with van der Waals surface area (Å²) in [4.78, 5) is 32.2. The molecule has 10 heteroatoms. The van der Waals surface area contributed by atoms with Crippen molar-refractivity contribution in [2.45, 2.75) is 25.4 Å². The molecule has 0 fully saturated rings. The minimum absolute atomic E-state index is 0.0348. The first-order chi connectivity index (χ1) is 19.3. The van der Waals surface area contributed by atoms with Gasteiger partial charge in [-0.2, -0.15) is 0 Å². The van der Waals surface area contributed by atoms with Gasteiger partial charge in [0.2, 0.25) is 11.8 Å². The molecule has 0 aliphatic rings. The lowest BCUT2D eigenvalue weighted by Crippen LogP contribution is -2.42. The number of aliphatic imine (C=N–C) groups is 1. The topological polar surface area (TPSA) is 125 Å². The smallest absolute Gasteiger partial charge is 0.247 e. The van der Waals surface area contributed by atoms with Gasteiger partial charge in [-0.3, -0.25) is 14.9 Å². The minimum atomic E-state index is -0.853. The van der Waals surface area contributed by atoms with Gasteiger partial charge in [-0.1, -0.05) is 42.5 Å². The first kappa shape index (κ1) is 29.8. The van der Waals surface area contributed by atoms with Gasteiger partial charge >= 0.3 is 0 Å².